The van der Waals surface area contributed by atoms with Gasteiger partial charge in [0.15, 0.2) is 0 Å². The van der Waals surface area contributed by atoms with Gasteiger partial charge in [-0.1, -0.05) is 23.4 Å². The first kappa shape index (κ1) is 14.1. The molecular weight excluding hydrogens is 258 g/mol. The minimum absolute atomic E-state index is 0.172. The van der Waals surface area contributed by atoms with Gasteiger partial charge in [0, 0.05) is 13.1 Å². The number of ether oxygens (including phenoxy) is 1. The number of nitrogens with two attached hydrogens (primary N) is 1. The Labute approximate surface area is 116 Å². The molecule has 0 spiro atoms. The third-order valence-corrected chi connectivity index (χ3v) is 2.95. The number of aromatic nitrogens is 1. The highest BCUT2D eigenvalue weighted by molar-refractivity contribution is 5.94. The van der Waals surface area contributed by atoms with Crippen LogP contribution >= 0.6 is 0 Å². The third-order valence-electron chi connectivity index (χ3n) is 2.95. The fourth-order valence-corrected chi connectivity index (χ4v) is 1.91. The van der Waals surface area contributed by atoms with E-state index in [-0.39, 0.29) is 12.5 Å². The molecule has 6 nitrogen and oxygen atoms in total. The number of nitrogens with one attached hydrogen (secondary N) is 1. The number of amides is 1. The summed E-state index contributed by atoms with van der Waals surface area (Å²) in [5.41, 5.74) is 7.35. The maximum absolute atomic E-state index is 11.9. The summed E-state index contributed by atoms with van der Waals surface area (Å²) in [5.74, 6) is 0.580. The molecule has 106 valence electrons. The summed E-state index contributed by atoms with van der Waals surface area (Å²) in [4.78, 5) is 11.9. The maximum Gasteiger partial charge on any atom is 0.256 e. The Morgan fingerprint density at radius 2 is 2.25 bits per heavy atom. The Balaban J connectivity index is 1.91. The van der Waals surface area contributed by atoms with Crippen molar-refractivity contribution in [3.8, 4) is 5.75 Å². The lowest BCUT2D eigenvalue weighted by atomic mass is 10.1. The molecule has 3 N–H and O–H groups in total. The van der Waals surface area contributed by atoms with Crippen LogP contribution in [0.4, 0.5) is 0 Å². The average Bonchev–Trinajstić information content (AvgIpc) is 2.96. The Morgan fingerprint density at radius 3 is 3.00 bits per heavy atom. The number of rotatable bonds is 6. The number of methoxy groups -OCH3 is 1. The first-order chi connectivity index (χ1) is 9.76. The van der Waals surface area contributed by atoms with Crippen LogP contribution in [-0.2, 0) is 13.0 Å². The standard InChI is InChI=1S/C14H17N3O3/c1-19-13-5-3-2-4-10(13)6-7-16-14(18)11-9-20-17-12(11)8-15/h2-5,9H,6-8,15H2,1H3,(H,16,18). The summed E-state index contributed by atoms with van der Waals surface area (Å²) >= 11 is 0. The van der Waals surface area contributed by atoms with Crippen molar-refractivity contribution in [2.45, 2.75) is 13.0 Å². The number of para-hydroxylation sites is 1. The van der Waals surface area contributed by atoms with Crippen molar-refractivity contribution in [3.05, 3.63) is 47.3 Å². The molecule has 1 heterocycles. The van der Waals surface area contributed by atoms with Gasteiger partial charge in [0.1, 0.15) is 23.3 Å². The van der Waals surface area contributed by atoms with Crippen LogP contribution in [0.25, 0.3) is 0 Å². The molecular formula is C14H17N3O3. The summed E-state index contributed by atoms with van der Waals surface area (Å²) in [7, 11) is 1.63. The van der Waals surface area contributed by atoms with Gasteiger partial charge in [-0.2, -0.15) is 0 Å². The molecule has 0 unspecified atom stereocenters. The average molecular weight is 275 g/mol. The molecule has 6 heteroatoms. The quantitative estimate of drug-likeness (QED) is 0.824. The minimum Gasteiger partial charge on any atom is -0.496 e. The zero-order chi connectivity index (χ0) is 14.4. The Hall–Kier alpha value is -2.34. The van der Waals surface area contributed by atoms with Gasteiger partial charge in [0.2, 0.25) is 0 Å². The van der Waals surface area contributed by atoms with E-state index in [1.54, 1.807) is 7.11 Å². The van der Waals surface area contributed by atoms with Gasteiger partial charge in [-0.25, -0.2) is 0 Å². The third kappa shape index (κ3) is 3.16. The van der Waals surface area contributed by atoms with Gasteiger partial charge >= 0.3 is 0 Å². The normalized spacial score (nSPS) is 10.3. The predicted molar refractivity (Wildman–Crippen MR) is 73.4 cm³/mol. The van der Waals surface area contributed by atoms with Crippen LogP contribution in [-0.4, -0.2) is 24.7 Å². The van der Waals surface area contributed by atoms with Crippen LogP contribution in [0.15, 0.2) is 35.1 Å². The number of benzene rings is 1. The molecule has 1 aromatic carbocycles. The van der Waals surface area contributed by atoms with E-state index in [9.17, 15) is 4.79 Å². The largest absolute Gasteiger partial charge is 0.496 e. The summed E-state index contributed by atoms with van der Waals surface area (Å²) in [6, 6.07) is 7.71. The summed E-state index contributed by atoms with van der Waals surface area (Å²) < 4.78 is 10.0. The molecule has 0 saturated carbocycles. The Morgan fingerprint density at radius 1 is 1.45 bits per heavy atom. The first-order valence-corrected chi connectivity index (χ1v) is 6.29. The number of hydrogen-bond acceptors (Lipinski definition) is 5. The van der Waals surface area contributed by atoms with Crippen molar-refractivity contribution in [2.24, 2.45) is 5.73 Å². The van der Waals surface area contributed by atoms with Crippen LogP contribution in [0, 0.1) is 0 Å². The molecule has 0 bridgehead atoms. The zero-order valence-corrected chi connectivity index (χ0v) is 11.3. The van der Waals surface area contributed by atoms with E-state index < -0.39 is 0 Å². The lowest BCUT2D eigenvalue weighted by molar-refractivity contribution is 0.0952. The summed E-state index contributed by atoms with van der Waals surface area (Å²) in [6.45, 7) is 0.667. The number of nitrogens with zero attached hydrogens (tertiary/aromatic N) is 1. The summed E-state index contributed by atoms with van der Waals surface area (Å²) in [6.07, 6.45) is 1.99. The highest BCUT2D eigenvalue weighted by atomic mass is 16.5. The molecule has 1 amide bonds. The predicted octanol–water partition coefficient (Wildman–Crippen LogP) is 1.11. The molecule has 0 radical (unpaired) electrons. The van der Waals surface area contributed by atoms with Gasteiger partial charge in [-0.05, 0) is 18.1 Å². The van der Waals surface area contributed by atoms with E-state index in [4.69, 9.17) is 15.0 Å². The molecule has 1 aromatic heterocycles. The second-order valence-corrected chi connectivity index (χ2v) is 4.20. The highest BCUT2D eigenvalue weighted by Gasteiger charge is 2.14. The number of carbonyl (C=O) groups is 1. The minimum atomic E-state index is -0.235. The number of carbonyl (C=O) groups excluding carboxylic acids is 1. The SMILES string of the molecule is COc1ccccc1CCNC(=O)c1conc1CN. The molecule has 0 saturated heterocycles. The highest BCUT2D eigenvalue weighted by Crippen LogP contribution is 2.17. The molecule has 0 aliphatic heterocycles. The van der Waals surface area contributed by atoms with Crippen LogP contribution in [0.2, 0.25) is 0 Å². The van der Waals surface area contributed by atoms with Crippen LogP contribution in [0.3, 0.4) is 0 Å². The topological polar surface area (TPSA) is 90.4 Å². The van der Waals surface area contributed by atoms with E-state index in [1.165, 1.54) is 6.26 Å². The van der Waals surface area contributed by atoms with Crippen LogP contribution in [0.1, 0.15) is 21.6 Å². The molecule has 0 atom stereocenters. The smallest absolute Gasteiger partial charge is 0.256 e. The monoisotopic (exact) mass is 275 g/mol. The van der Waals surface area contributed by atoms with Crippen molar-refractivity contribution >= 4 is 5.91 Å². The Kier molecular flexibility index (Phi) is 4.73. The molecule has 2 rings (SSSR count). The lowest BCUT2D eigenvalue weighted by Gasteiger charge is -2.08. The van der Waals surface area contributed by atoms with Gasteiger partial charge in [-0.3, -0.25) is 4.79 Å². The van der Waals surface area contributed by atoms with E-state index >= 15 is 0 Å². The molecule has 0 aliphatic rings. The van der Waals surface area contributed by atoms with Crippen molar-refractivity contribution < 1.29 is 14.1 Å². The fraction of sp³-hybridized carbons (Fsp3) is 0.286. The zero-order valence-electron chi connectivity index (χ0n) is 11.3. The van der Waals surface area contributed by atoms with E-state index in [2.05, 4.69) is 10.5 Å². The van der Waals surface area contributed by atoms with Crippen molar-refractivity contribution in [1.29, 1.82) is 0 Å². The molecule has 20 heavy (non-hydrogen) atoms. The fourth-order valence-electron chi connectivity index (χ4n) is 1.91. The molecule has 0 fully saturated rings. The van der Waals surface area contributed by atoms with Gasteiger partial charge < -0.3 is 20.3 Å². The summed E-state index contributed by atoms with van der Waals surface area (Å²) in [5, 5.41) is 6.48. The molecule has 2 aromatic rings. The van der Waals surface area contributed by atoms with E-state index in [1.807, 2.05) is 24.3 Å². The maximum atomic E-state index is 11.9. The molecule has 0 aliphatic carbocycles. The lowest BCUT2D eigenvalue weighted by Crippen LogP contribution is -2.26. The van der Waals surface area contributed by atoms with E-state index in [0.29, 0.717) is 24.2 Å². The van der Waals surface area contributed by atoms with Crippen LogP contribution in [0.5, 0.6) is 5.75 Å². The van der Waals surface area contributed by atoms with E-state index in [0.717, 1.165) is 11.3 Å². The van der Waals surface area contributed by atoms with Crippen molar-refractivity contribution in [1.82, 2.24) is 10.5 Å². The van der Waals surface area contributed by atoms with Gasteiger partial charge in [-0.15, -0.1) is 0 Å². The van der Waals surface area contributed by atoms with Crippen molar-refractivity contribution in [3.63, 3.8) is 0 Å². The number of hydrogen-bond donors (Lipinski definition) is 2. The van der Waals surface area contributed by atoms with Gasteiger partial charge in [0.05, 0.1) is 7.11 Å². The van der Waals surface area contributed by atoms with Crippen LogP contribution < -0.4 is 15.8 Å². The second-order valence-electron chi connectivity index (χ2n) is 4.20. The van der Waals surface area contributed by atoms with Crippen molar-refractivity contribution in [2.75, 3.05) is 13.7 Å². The first-order valence-electron chi connectivity index (χ1n) is 6.29. The second kappa shape index (κ2) is 6.72. The Bertz CT molecular complexity index is 581. The van der Waals surface area contributed by atoms with Gasteiger partial charge in [0.25, 0.3) is 5.91 Å².